The molecule has 1 aromatic rings. The number of carbonyl (C=O) groups excluding carboxylic acids is 2. The minimum Gasteiger partial charge on any atom is -0.494 e. The number of hydrogen-bond donors (Lipinski definition) is 2. The molecule has 1 saturated carbocycles. The van der Waals surface area contributed by atoms with E-state index < -0.39 is 0 Å². The quantitative estimate of drug-likeness (QED) is 0.569. The van der Waals surface area contributed by atoms with E-state index in [-0.39, 0.29) is 36.2 Å². The van der Waals surface area contributed by atoms with Gasteiger partial charge in [0.15, 0.2) is 0 Å². The number of amides is 1. The first-order valence-electron chi connectivity index (χ1n) is 8.44. The highest BCUT2D eigenvalue weighted by molar-refractivity contribution is 5.92. The molecule has 3 N–H and O–H groups in total. The number of ether oxygens (including phenoxy) is 2. The molecule has 0 saturated heterocycles. The summed E-state index contributed by atoms with van der Waals surface area (Å²) >= 11 is 0. The van der Waals surface area contributed by atoms with Crippen molar-refractivity contribution in [1.82, 2.24) is 0 Å². The summed E-state index contributed by atoms with van der Waals surface area (Å²) in [5, 5.41) is 2.94. The van der Waals surface area contributed by atoms with Gasteiger partial charge in [0.05, 0.1) is 13.7 Å². The van der Waals surface area contributed by atoms with Crippen molar-refractivity contribution in [1.29, 1.82) is 0 Å². The monoisotopic (exact) mass is 370 g/mol. The van der Waals surface area contributed by atoms with Crippen LogP contribution >= 0.6 is 12.4 Å². The minimum absolute atomic E-state index is 0. The van der Waals surface area contributed by atoms with Crippen LogP contribution in [-0.2, 0) is 14.3 Å². The number of rotatable bonds is 7. The Hall–Kier alpha value is -1.79. The molecule has 140 valence electrons. The van der Waals surface area contributed by atoms with E-state index >= 15 is 0 Å². The first-order chi connectivity index (χ1) is 11.6. The van der Waals surface area contributed by atoms with Crippen molar-refractivity contribution in [3.63, 3.8) is 0 Å². The van der Waals surface area contributed by atoms with E-state index in [0.717, 1.165) is 31.4 Å². The van der Waals surface area contributed by atoms with Crippen molar-refractivity contribution in [2.75, 3.05) is 19.0 Å². The van der Waals surface area contributed by atoms with Crippen molar-refractivity contribution in [3.8, 4) is 5.75 Å². The van der Waals surface area contributed by atoms with Gasteiger partial charge >= 0.3 is 5.97 Å². The van der Waals surface area contributed by atoms with E-state index in [4.69, 9.17) is 10.5 Å². The number of hydrogen-bond acceptors (Lipinski definition) is 5. The summed E-state index contributed by atoms with van der Waals surface area (Å²) in [5.74, 6) is 0.511. The zero-order valence-electron chi connectivity index (χ0n) is 14.5. The fourth-order valence-corrected chi connectivity index (χ4v) is 2.85. The summed E-state index contributed by atoms with van der Waals surface area (Å²) in [4.78, 5) is 23.3. The van der Waals surface area contributed by atoms with Gasteiger partial charge in [-0.1, -0.05) is 6.42 Å². The third-order valence-corrected chi connectivity index (χ3v) is 4.23. The summed E-state index contributed by atoms with van der Waals surface area (Å²) in [6.45, 7) is 0.445. The second-order valence-corrected chi connectivity index (χ2v) is 6.17. The molecule has 1 fully saturated rings. The number of nitrogens with two attached hydrogens (primary N) is 1. The summed E-state index contributed by atoms with van der Waals surface area (Å²) in [7, 11) is 1.37. The Balaban J connectivity index is 0.00000312. The van der Waals surface area contributed by atoms with Crippen molar-refractivity contribution < 1.29 is 19.1 Å². The molecule has 1 aliphatic carbocycles. The number of anilines is 1. The van der Waals surface area contributed by atoms with Gasteiger partial charge in [0.1, 0.15) is 5.75 Å². The Kier molecular flexibility index (Phi) is 9.31. The van der Waals surface area contributed by atoms with E-state index in [1.165, 1.54) is 7.11 Å². The molecule has 0 aromatic heterocycles. The van der Waals surface area contributed by atoms with Crippen LogP contribution in [0.4, 0.5) is 5.69 Å². The third-order valence-electron chi connectivity index (χ3n) is 4.23. The molecule has 1 aliphatic rings. The molecular weight excluding hydrogens is 344 g/mol. The molecule has 1 aromatic carbocycles. The summed E-state index contributed by atoms with van der Waals surface area (Å²) in [6.07, 6.45) is 4.62. The van der Waals surface area contributed by atoms with Crippen LogP contribution in [0.1, 0.15) is 38.5 Å². The average molecular weight is 371 g/mol. The molecule has 2 atom stereocenters. The van der Waals surface area contributed by atoms with Crippen LogP contribution < -0.4 is 15.8 Å². The van der Waals surface area contributed by atoms with E-state index in [2.05, 4.69) is 10.1 Å². The molecule has 0 bridgehead atoms. The number of nitrogens with one attached hydrogen (secondary N) is 1. The van der Waals surface area contributed by atoms with E-state index in [0.29, 0.717) is 25.2 Å². The topological polar surface area (TPSA) is 90.6 Å². The molecule has 0 radical (unpaired) electrons. The lowest BCUT2D eigenvalue weighted by Crippen LogP contribution is -2.34. The fourth-order valence-electron chi connectivity index (χ4n) is 2.85. The lowest BCUT2D eigenvalue weighted by molar-refractivity contribution is -0.140. The smallest absolute Gasteiger partial charge is 0.305 e. The summed E-state index contributed by atoms with van der Waals surface area (Å²) in [5.41, 5.74) is 6.69. The maximum atomic E-state index is 12.3. The lowest BCUT2D eigenvalue weighted by atomic mass is 9.85. The molecule has 0 aliphatic heterocycles. The Morgan fingerprint density at radius 3 is 2.60 bits per heavy atom. The SMILES string of the molecule is COC(=O)CCCOc1ccc(NC(=O)C2CCCC(N)C2)cc1.Cl. The van der Waals surface area contributed by atoms with Crippen LogP contribution in [0.2, 0.25) is 0 Å². The van der Waals surface area contributed by atoms with Gasteiger partial charge < -0.3 is 20.5 Å². The van der Waals surface area contributed by atoms with Gasteiger partial charge in [-0.25, -0.2) is 0 Å². The van der Waals surface area contributed by atoms with Gasteiger partial charge in [-0.3, -0.25) is 9.59 Å². The normalized spacial score (nSPS) is 19.4. The van der Waals surface area contributed by atoms with Crippen molar-refractivity contribution in [3.05, 3.63) is 24.3 Å². The highest BCUT2D eigenvalue weighted by Crippen LogP contribution is 2.25. The molecule has 0 spiro atoms. The van der Waals surface area contributed by atoms with E-state index in [1.54, 1.807) is 12.1 Å². The Morgan fingerprint density at radius 2 is 1.96 bits per heavy atom. The Labute approximate surface area is 154 Å². The van der Waals surface area contributed by atoms with Crippen molar-refractivity contribution in [2.45, 2.75) is 44.6 Å². The first-order valence-corrected chi connectivity index (χ1v) is 8.44. The zero-order chi connectivity index (χ0) is 17.4. The van der Waals surface area contributed by atoms with Crippen LogP contribution in [0.5, 0.6) is 5.75 Å². The molecule has 2 unspecified atom stereocenters. The van der Waals surface area contributed by atoms with E-state index in [9.17, 15) is 9.59 Å². The average Bonchev–Trinajstić information content (AvgIpc) is 2.59. The maximum Gasteiger partial charge on any atom is 0.305 e. The highest BCUT2D eigenvalue weighted by Gasteiger charge is 2.25. The van der Waals surface area contributed by atoms with Crippen LogP contribution in [0, 0.1) is 5.92 Å². The van der Waals surface area contributed by atoms with Gasteiger partial charge in [0.2, 0.25) is 5.91 Å². The Bertz CT molecular complexity index is 551. The number of benzene rings is 1. The van der Waals surface area contributed by atoms with Gasteiger partial charge in [-0.05, 0) is 49.9 Å². The fraction of sp³-hybridized carbons (Fsp3) is 0.556. The highest BCUT2D eigenvalue weighted by atomic mass is 35.5. The minimum atomic E-state index is -0.237. The molecule has 1 amide bonds. The molecule has 6 nitrogen and oxygen atoms in total. The number of carbonyl (C=O) groups is 2. The van der Waals surface area contributed by atoms with Gasteiger partial charge in [-0.15, -0.1) is 12.4 Å². The Morgan fingerprint density at radius 1 is 1.24 bits per heavy atom. The van der Waals surface area contributed by atoms with Gasteiger partial charge in [0, 0.05) is 24.1 Å². The second-order valence-electron chi connectivity index (χ2n) is 6.17. The second kappa shape index (κ2) is 10.9. The van der Waals surface area contributed by atoms with Crippen LogP contribution in [0.25, 0.3) is 0 Å². The van der Waals surface area contributed by atoms with Crippen LogP contribution in [-0.4, -0.2) is 31.6 Å². The largest absolute Gasteiger partial charge is 0.494 e. The first kappa shape index (κ1) is 21.3. The lowest BCUT2D eigenvalue weighted by Gasteiger charge is -2.25. The van der Waals surface area contributed by atoms with Gasteiger partial charge in [-0.2, -0.15) is 0 Å². The maximum absolute atomic E-state index is 12.3. The summed E-state index contributed by atoms with van der Waals surface area (Å²) in [6, 6.07) is 7.38. The van der Waals surface area contributed by atoms with Gasteiger partial charge in [0.25, 0.3) is 0 Å². The number of esters is 1. The molecule has 0 heterocycles. The molecule has 2 rings (SSSR count). The van der Waals surface area contributed by atoms with Crippen LogP contribution in [0.3, 0.4) is 0 Å². The van der Waals surface area contributed by atoms with Crippen LogP contribution in [0.15, 0.2) is 24.3 Å². The molecule has 7 heteroatoms. The predicted octanol–water partition coefficient (Wildman–Crippen LogP) is 2.90. The predicted molar refractivity (Wildman–Crippen MR) is 99.0 cm³/mol. The van der Waals surface area contributed by atoms with Crippen molar-refractivity contribution >= 4 is 30.0 Å². The van der Waals surface area contributed by atoms with E-state index in [1.807, 2.05) is 12.1 Å². The third kappa shape index (κ3) is 7.32. The standard InChI is InChI=1S/C18H26N2O4.ClH/c1-23-17(21)6-3-11-24-16-9-7-15(8-10-16)20-18(22)13-4-2-5-14(19)12-13;/h7-10,13-14H,2-6,11-12,19H2,1H3,(H,20,22);1H. The van der Waals surface area contributed by atoms with Crippen molar-refractivity contribution in [2.24, 2.45) is 11.7 Å². The zero-order valence-corrected chi connectivity index (χ0v) is 15.3. The molecular formula is C18H27ClN2O4. The number of halogens is 1. The number of methoxy groups -OCH3 is 1. The molecule has 25 heavy (non-hydrogen) atoms. The summed E-state index contributed by atoms with van der Waals surface area (Å²) < 4.78 is 10.1.